The Morgan fingerprint density at radius 2 is 2.00 bits per heavy atom. The van der Waals surface area contributed by atoms with Gasteiger partial charge in [-0.3, -0.25) is 4.79 Å². The van der Waals surface area contributed by atoms with Crippen LogP contribution in [0.1, 0.15) is 47.0 Å². The highest BCUT2D eigenvalue weighted by Crippen LogP contribution is 2.24. The van der Waals surface area contributed by atoms with E-state index in [1.807, 2.05) is 6.92 Å². The number of alkyl halides is 1. The van der Waals surface area contributed by atoms with E-state index in [4.69, 9.17) is 0 Å². The number of hydrogen-bond acceptors (Lipinski definition) is 1. The van der Waals surface area contributed by atoms with Crippen LogP contribution in [0.15, 0.2) is 0 Å². The molecule has 2 nitrogen and oxygen atoms in total. The van der Waals surface area contributed by atoms with E-state index in [9.17, 15) is 4.79 Å². The topological polar surface area (TPSA) is 29.1 Å². The van der Waals surface area contributed by atoms with Crippen molar-refractivity contribution in [3.05, 3.63) is 0 Å². The molecule has 0 aliphatic carbocycles. The van der Waals surface area contributed by atoms with Gasteiger partial charge in [-0.2, -0.15) is 0 Å². The van der Waals surface area contributed by atoms with Gasteiger partial charge in [0.1, 0.15) is 0 Å². The van der Waals surface area contributed by atoms with Crippen molar-refractivity contribution in [2.24, 2.45) is 5.41 Å². The highest BCUT2D eigenvalue weighted by atomic mass is 79.9. The van der Waals surface area contributed by atoms with Gasteiger partial charge in [0.25, 0.3) is 0 Å². The Balaban J connectivity index is 3.63. The summed E-state index contributed by atoms with van der Waals surface area (Å²) >= 11 is 3.58. The molecule has 0 fully saturated rings. The summed E-state index contributed by atoms with van der Waals surface area (Å²) in [4.78, 5) is 11.6. The van der Waals surface area contributed by atoms with Gasteiger partial charge in [-0.1, -0.05) is 43.6 Å². The van der Waals surface area contributed by atoms with Crippen molar-refractivity contribution < 1.29 is 4.79 Å². The second-order valence-corrected chi connectivity index (χ2v) is 6.21. The van der Waals surface area contributed by atoms with Gasteiger partial charge in [-0.15, -0.1) is 0 Å². The number of hydrogen-bond donors (Lipinski definition) is 1. The molecule has 0 spiro atoms. The molecule has 1 unspecified atom stereocenters. The van der Waals surface area contributed by atoms with Crippen LogP contribution < -0.4 is 5.32 Å². The third-order valence-electron chi connectivity index (χ3n) is 1.83. The van der Waals surface area contributed by atoms with E-state index in [0.29, 0.717) is 16.7 Å². The van der Waals surface area contributed by atoms with Crippen molar-refractivity contribution >= 4 is 21.8 Å². The predicted molar refractivity (Wildman–Crippen MR) is 64.7 cm³/mol. The Labute approximate surface area is 96.0 Å². The smallest absolute Gasteiger partial charge is 0.220 e. The molecule has 0 saturated heterocycles. The number of nitrogens with one attached hydrogen (secondary N) is 1. The minimum Gasteiger partial charge on any atom is -0.355 e. The molecule has 0 heterocycles. The maximum Gasteiger partial charge on any atom is 0.220 e. The van der Waals surface area contributed by atoms with Crippen LogP contribution in [-0.4, -0.2) is 17.3 Å². The van der Waals surface area contributed by atoms with Gasteiger partial charge in [-0.25, -0.2) is 0 Å². The van der Waals surface area contributed by atoms with Gasteiger partial charge in [-0.05, 0) is 18.3 Å². The molecule has 0 bridgehead atoms. The Hall–Kier alpha value is -0.0500. The van der Waals surface area contributed by atoms with E-state index in [1.165, 1.54) is 0 Å². The van der Waals surface area contributed by atoms with Crippen LogP contribution >= 0.6 is 15.9 Å². The summed E-state index contributed by atoms with van der Waals surface area (Å²) in [5.41, 5.74) is 0.309. The normalized spacial score (nSPS) is 13.8. The van der Waals surface area contributed by atoms with E-state index in [1.54, 1.807) is 0 Å². The Kier molecular flexibility index (Phi) is 6.41. The molecule has 0 aromatic heterocycles. The first-order valence-electron chi connectivity index (χ1n) is 5.26. The number of rotatable bonds is 5. The molecule has 1 amide bonds. The van der Waals surface area contributed by atoms with Gasteiger partial charge in [0.15, 0.2) is 0 Å². The molecule has 0 aliphatic rings. The quantitative estimate of drug-likeness (QED) is 0.759. The van der Waals surface area contributed by atoms with Crippen LogP contribution in [0, 0.1) is 5.41 Å². The van der Waals surface area contributed by atoms with E-state index < -0.39 is 0 Å². The maximum atomic E-state index is 11.2. The molecule has 1 N–H and O–H groups in total. The first kappa shape index (κ1) is 13.9. The highest BCUT2D eigenvalue weighted by Gasteiger charge is 2.16. The highest BCUT2D eigenvalue weighted by molar-refractivity contribution is 9.09. The first-order valence-corrected chi connectivity index (χ1v) is 6.17. The van der Waals surface area contributed by atoms with Gasteiger partial charge in [0.2, 0.25) is 5.91 Å². The summed E-state index contributed by atoms with van der Waals surface area (Å²) < 4.78 is 0. The first-order chi connectivity index (χ1) is 6.35. The second-order valence-electron chi connectivity index (χ2n) is 4.92. The Morgan fingerprint density at radius 3 is 2.43 bits per heavy atom. The second kappa shape index (κ2) is 6.44. The van der Waals surface area contributed by atoms with Crippen molar-refractivity contribution in [1.29, 1.82) is 0 Å². The van der Waals surface area contributed by atoms with Gasteiger partial charge >= 0.3 is 0 Å². The summed E-state index contributed by atoms with van der Waals surface area (Å²) in [6.07, 6.45) is 2.62. The summed E-state index contributed by atoms with van der Waals surface area (Å²) in [5.74, 6) is 0.158. The molecular formula is C11H22BrNO. The third kappa shape index (κ3) is 8.54. The van der Waals surface area contributed by atoms with Gasteiger partial charge in [0.05, 0.1) is 0 Å². The SMILES string of the molecule is CCCC(=O)NCC(Br)CC(C)(C)C. The zero-order chi connectivity index (χ0) is 11.2. The summed E-state index contributed by atoms with van der Waals surface area (Å²) in [6.45, 7) is 9.36. The molecule has 0 radical (unpaired) electrons. The summed E-state index contributed by atoms with van der Waals surface area (Å²) in [6, 6.07) is 0. The van der Waals surface area contributed by atoms with Crippen LogP contribution in [0.2, 0.25) is 0 Å². The molecule has 3 heteroatoms. The van der Waals surface area contributed by atoms with Crippen LogP contribution in [0.25, 0.3) is 0 Å². The standard InChI is InChI=1S/C11H22BrNO/c1-5-6-10(14)13-8-9(12)7-11(2,3)4/h9H,5-8H2,1-4H3,(H,13,14). The molecule has 1 atom stereocenters. The number of carbonyl (C=O) groups excluding carboxylic acids is 1. The molecule has 0 aromatic carbocycles. The van der Waals surface area contributed by atoms with Crippen molar-refractivity contribution in [2.45, 2.75) is 51.8 Å². The lowest BCUT2D eigenvalue weighted by Crippen LogP contribution is -2.31. The minimum atomic E-state index is 0.158. The van der Waals surface area contributed by atoms with Crippen LogP contribution in [0.5, 0.6) is 0 Å². The molecule has 0 aliphatic heterocycles. The average Bonchev–Trinajstić information content (AvgIpc) is 1.98. The average molecular weight is 264 g/mol. The van der Waals surface area contributed by atoms with Crippen LogP contribution in [-0.2, 0) is 4.79 Å². The third-order valence-corrected chi connectivity index (χ3v) is 2.48. The fourth-order valence-electron chi connectivity index (χ4n) is 1.28. The van der Waals surface area contributed by atoms with Crippen molar-refractivity contribution in [1.82, 2.24) is 5.32 Å². The number of amides is 1. The Morgan fingerprint density at radius 1 is 1.43 bits per heavy atom. The predicted octanol–water partition coefficient (Wildman–Crippen LogP) is 3.10. The summed E-state index contributed by atoms with van der Waals surface area (Å²) in [7, 11) is 0. The minimum absolute atomic E-state index is 0.158. The molecular weight excluding hydrogens is 242 g/mol. The monoisotopic (exact) mass is 263 g/mol. The lowest BCUT2D eigenvalue weighted by atomic mass is 9.90. The van der Waals surface area contributed by atoms with Crippen molar-refractivity contribution in [2.75, 3.05) is 6.54 Å². The Bertz CT molecular complexity index is 175. The van der Waals surface area contributed by atoms with Crippen LogP contribution in [0.4, 0.5) is 0 Å². The number of carbonyl (C=O) groups is 1. The fourth-order valence-corrected chi connectivity index (χ4v) is 2.41. The molecule has 0 saturated carbocycles. The fraction of sp³-hybridized carbons (Fsp3) is 0.909. The zero-order valence-electron chi connectivity index (χ0n) is 9.69. The van der Waals surface area contributed by atoms with E-state index in [-0.39, 0.29) is 5.91 Å². The van der Waals surface area contributed by atoms with E-state index >= 15 is 0 Å². The van der Waals surface area contributed by atoms with Crippen molar-refractivity contribution in [3.8, 4) is 0 Å². The van der Waals surface area contributed by atoms with Crippen molar-refractivity contribution in [3.63, 3.8) is 0 Å². The molecule has 14 heavy (non-hydrogen) atoms. The summed E-state index contributed by atoms with van der Waals surface area (Å²) in [5, 5.41) is 2.92. The van der Waals surface area contributed by atoms with E-state index in [0.717, 1.165) is 19.4 Å². The van der Waals surface area contributed by atoms with E-state index in [2.05, 4.69) is 42.0 Å². The number of halogens is 1. The maximum absolute atomic E-state index is 11.2. The van der Waals surface area contributed by atoms with Crippen LogP contribution in [0.3, 0.4) is 0 Å². The van der Waals surface area contributed by atoms with Gasteiger partial charge in [0, 0.05) is 17.8 Å². The zero-order valence-corrected chi connectivity index (χ0v) is 11.3. The lowest BCUT2D eigenvalue weighted by molar-refractivity contribution is -0.121. The van der Waals surface area contributed by atoms with Gasteiger partial charge < -0.3 is 5.32 Å². The molecule has 84 valence electrons. The largest absolute Gasteiger partial charge is 0.355 e. The molecule has 0 aromatic rings. The molecule has 0 rings (SSSR count). The lowest BCUT2D eigenvalue weighted by Gasteiger charge is -2.22.